The number of nitrogens with one attached hydrogen (secondary N) is 1. The molecule has 16 heteroatoms. The Hall–Kier alpha value is -4.02. The molecule has 0 spiro atoms. The molecule has 6 bridgehead atoms. The number of esters is 1. The van der Waals surface area contributed by atoms with E-state index in [1.807, 2.05) is 6.92 Å². The predicted molar refractivity (Wildman–Crippen MR) is 186 cm³/mol. The number of allylic oxidation sites excluding steroid dienone is 3. The molecule has 15 nitrogen and oxygen atoms in total. The molecule has 1 aromatic carbocycles. The number of Topliss-reactive ketones (excluding diaryl/α,β-unsaturated/α-hetero) is 1. The van der Waals surface area contributed by atoms with E-state index in [2.05, 4.69) is 5.32 Å². The van der Waals surface area contributed by atoms with Crippen molar-refractivity contribution in [2.75, 3.05) is 32.7 Å². The average Bonchev–Trinajstić information content (AvgIpc) is 3.78. The number of hydrogen-bond donors (Lipinski definition) is 3. The van der Waals surface area contributed by atoms with Crippen LogP contribution in [0.25, 0.3) is 0 Å². The van der Waals surface area contributed by atoms with E-state index in [1.54, 1.807) is 44.2 Å². The third kappa shape index (κ3) is 7.29. The number of halogens is 1. The number of hydrogen-bond acceptors (Lipinski definition) is 12. The summed E-state index contributed by atoms with van der Waals surface area (Å²) in [4.78, 5) is 70.2. The molecule has 0 aliphatic carbocycles. The van der Waals surface area contributed by atoms with Gasteiger partial charge in [0.05, 0.1) is 31.9 Å². The second kappa shape index (κ2) is 14.4. The van der Waals surface area contributed by atoms with Gasteiger partial charge in [-0.1, -0.05) is 42.3 Å². The lowest BCUT2D eigenvalue weighted by molar-refractivity contribution is -0.169. The zero-order valence-corrected chi connectivity index (χ0v) is 31.2. The van der Waals surface area contributed by atoms with Crippen molar-refractivity contribution in [1.29, 1.82) is 0 Å². The molecule has 3 N–H and O–H groups in total. The van der Waals surface area contributed by atoms with E-state index in [-0.39, 0.29) is 22.9 Å². The summed E-state index contributed by atoms with van der Waals surface area (Å²) in [5, 5.41) is 25.4. The highest BCUT2D eigenvalue weighted by atomic mass is 35.5. The molecule has 1 unspecified atom stereocenters. The highest BCUT2D eigenvalue weighted by molar-refractivity contribution is 6.35. The molecule has 4 heterocycles. The summed E-state index contributed by atoms with van der Waals surface area (Å²) in [6.07, 6.45) is -0.0658. The number of ether oxygens (including phenoxy) is 5. The topological polar surface area (TPSA) is 194 Å². The van der Waals surface area contributed by atoms with Crippen LogP contribution in [0.3, 0.4) is 0 Å². The lowest BCUT2D eigenvalue weighted by Gasteiger charge is -2.42. The van der Waals surface area contributed by atoms with Crippen molar-refractivity contribution in [3.63, 3.8) is 0 Å². The summed E-state index contributed by atoms with van der Waals surface area (Å²) in [6, 6.07) is 1.99. The summed E-state index contributed by atoms with van der Waals surface area (Å²) >= 11 is 6.81. The van der Waals surface area contributed by atoms with E-state index >= 15 is 0 Å². The van der Waals surface area contributed by atoms with E-state index in [9.17, 15) is 34.2 Å². The van der Waals surface area contributed by atoms with E-state index in [0.29, 0.717) is 12.0 Å². The van der Waals surface area contributed by atoms with E-state index in [0.717, 1.165) is 22.3 Å². The second-order valence-electron chi connectivity index (χ2n) is 14.3. The van der Waals surface area contributed by atoms with Crippen molar-refractivity contribution in [2.45, 2.75) is 101 Å². The van der Waals surface area contributed by atoms with Gasteiger partial charge < -0.3 is 43.7 Å². The molecule has 5 rings (SSSR count). The van der Waals surface area contributed by atoms with Gasteiger partial charge in [-0.05, 0) is 51.8 Å². The van der Waals surface area contributed by atoms with Crippen LogP contribution >= 0.6 is 11.6 Å². The summed E-state index contributed by atoms with van der Waals surface area (Å²) in [7, 11) is 4.04. The first-order chi connectivity index (χ1) is 24.3. The number of nitrogens with zero attached hydrogens (tertiary/aromatic N) is 2. The summed E-state index contributed by atoms with van der Waals surface area (Å²) in [6.45, 7) is 6.81. The number of methoxy groups -OCH3 is 2. The fraction of sp³-hybridized carbons (Fsp3) is 0.583. The fourth-order valence-electron chi connectivity index (χ4n) is 7.04. The van der Waals surface area contributed by atoms with Gasteiger partial charge in [0.25, 0.3) is 5.91 Å². The van der Waals surface area contributed by atoms with Gasteiger partial charge in [0.1, 0.15) is 40.7 Å². The average molecular weight is 748 g/mol. The lowest BCUT2D eigenvalue weighted by Crippen LogP contribution is -2.63. The predicted octanol–water partition coefficient (Wildman–Crippen LogP) is 2.22. The third-order valence-corrected chi connectivity index (χ3v) is 10.9. The van der Waals surface area contributed by atoms with Gasteiger partial charge in [0.2, 0.25) is 11.5 Å². The van der Waals surface area contributed by atoms with Gasteiger partial charge in [-0.25, -0.2) is 9.59 Å². The molecule has 3 amide bonds. The van der Waals surface area contributed by atoms with E-state index in [4.69, 9.17) is 35.3 Å². The Morgan fingerprint density at radius 1 is 1.06 bits per heavy atom. The number of fused-ring (bicyclic) bond motifs is 10. The number of benzene rings is 1. The first kappa shape index (κ1) is 39.2. The number of carbonyl (C=O) groups is 5. The number of aliphatic hydroxyl groups is 2. The van der Waals surface area contributed by atoms with Crippen LogP contribution in [0, 0.1) is 5.92 Å². The number of amides is 3. The Bertz CT molecular complexity index is 1710. The maximum atomic E-state index is 14.5. The quantitative estimate of drug-likeness (QED) is 0.227. The molecular formula is C36H46ClN3O12. The number of carbonyl (C=O) groups excluding carboxylic acids is 5. The van der Waals surface area contributed by atoms with Gasteiger partial charge in [0, 0.05) is 26.5 Å². The first-order valence-electron chi connectivity index (χ1n) is 16.9. The van der Waals surface area contributed by atoms with Crippen molar-refractivity contribution >= 4 is 46.9 Å². The number of epoxide rings is 1. The smallest absolute Gasteiger partial charge is 0.409 e. The monoisotopic (exact) mass is 747 g/mol. The van der Waals surface area contributed by atoms with Crippen LogP contribution in [0.2, 0.25) is 5.02 Å². The molecule has 4 aliphatic heterocycles. The molecule has 1 aromatic rings. The number of alkyl carbamates (subject to hydrolysis) is 1. The normalized spacial score (nSPS) is 36.8. The van der Waals surface area contributed by atoms with Crippen LogP contribution in [-0.2, 0) is 44.5 Å². The van der Waals surface area contributed by atoms with Crippen molar-refractivity contribution < 1.29 is 57.9 Å². The largest absolute Gasteiger partial charge is 0.495 e. The molecule has 3 fully saturated rings. The van der Waals surface area contributed by atoms with Crippen LogP contribution in [0.1, 0.15) is 53.0 Å². The van der Waals surface area contributed by atoms with Crippen LogP contribution in [0.4, 0.5) is 10.5 Å². The SMILES string of the molecule is COc1cc2cc(c1Cl)N1CC(=O)C(C)(O)C(=O)N(C)[C@@H](C)C(=O)O[C@@H](CC1=O)[C@]1(C)O[C@H]1[C@H](C)[C@@H]1C[C@@](O)(NC(=O)O1)[C@H](OC)/C=C/C=C(C)C2. The fourth-order valence-corrected chi connectivity index (χ4v) is 7.33. The highest BCUT2D eigenvalue weighted by Crippen LogP contribution is 2.49. The van der Waals surface area contributed by atoms with Crippen LogP contribution in [0.5, 0.6) is 5.75 Å². The van der Waals surface area contributed by atoms with Crippen molar-refractivity contribution in [2.24, 2.45) is 5.92 Å². The van der Waals surface area contributed by atoms with Crippen LogP contribution < -0.4 is 15.0 Å². The van der Waals surface area contributed by atoms with Gasteiger partial charge in [-0.2, -0.15) is 0 Å². The van der Waals surface area contributed by atoms with Gasteiger partial charge in [-0.15, -0.1) is 0 Å². The molecule has 9 atom stereocenters. The maximum absolute atomic E-state index is 14.5. The molecule has 0 saturated carbocycles. The Morgan fingerprint density at radius 2 is 1.75 bits per heavy atom. The Balaban J connectivity index is 1.70. The summed E-state index contributed by atoms with van der Waals surface area (Å²) in [5.41, 5.74) is -4.34. The van der Waals surface area contributed by atoms with Gasteiger partial charge in [0.15, 0.2) is 11.5 Å². The summed E-state index contributed by atoms with van der Waals surface area (Å²) < 4.78 is 28.9. The minimum absolute atomic E-state index is 0.0182. The zero-order chi connectivity index (χ0) is 38.5. The molecular weight excluding hydrogens is 702 g/mol. The zero-order valence-electron chi connectivity index (χ0n) is 30.4. The number of likely N-dealkylation sites (N-methyl/N-ethyl adjacent to an activating group) is 1. The van der Waals surface area contributed by atoms with Gasteiger partial charge in [-0.3, -0.25) is 19.7 Å². The summed E-state index contributed by atoms with van der Waals surface area (Å²) in [5.74, 6) is -4.19. The van der Waals surface area contributed by atoms with Crippen molar-refractivity contribution in [3.05, 3.63) is 46.5 Å². The maximum Gasteiger partial charge on any atom is 0.409 e. The Morgan fingerprint density at radius 3 is 2.40 bits per heavy atom. The van der Waals surface area contributed by atoms with Crippen molar-refractivity contribution in [3.8, 4) is 5.75 Å². The number of anilines is 1. The minimum atomic E-state index is -2.63. The van der Waals surface area contributed by atoms with E-state index < -0.39 is 95.9 Å². The molecule has 284 valence electrons. The van der Waals surface area contributed by atoms with Gasteiger partial charge >= 0.3 is 12.1 Å². The first-order valence-corrected chi connectivity index (χ1v) is 17.3. The molecule has 0 aromatic heterocycles. The lowest BCUT2D eigenvalue weighted by atomic mass is 9.83. The minimum Gasteiger partial charge on any atom is -0.495 e. The second-order valence-corrected chi connectivity index (χ2v) is 14.7. The van der Waals surface area contributed by atoms with Crippen LogP contribution in [0.15, 0.2) is 35.9 Å². The molecule has 4 aliphatic rings. The number of ketones is 1. The Labute approximate surface area is 306 Å². The standard InChI is InChI=1S/C36H46ClN3O12/c1-18-10-9-11-26(49-8)36(47)16-24(50-33(45)38-36)19(2)30-35(5,52-30)27-15-28(42)40(22-13-21(12-18)14-23(48-7)29(22)37)17-25(41)34(4,46)32(44)39(6)20(3)31(43)51-27/h9-11,13-14,19-20,24,26-27,30,46-47H,12,15-17H2,1-8H3,(H,38,45)/b11-9+,18-10?/t19-,20+,24+,26-,27+,30+,34?,35+,36+/m1/s1. The Kier molecular flexibility index (Phi) is 10.9. The number of rotatable bonds is 2. The highest BCUT2D eigenvalue weighted by Gasteiger charge is 2.65. The molecule has 52 heavy (non-hydrogen) atoms. The van der Waals surface area contributed by atoms with E-state index in [1.165, 1.54) is 28.2 Å². The molecule has 0 radical (unpaired) electrons. The molecule has 3 saturated heterocycles. The third-order valence-electron chi connectivity index (χ3n) is 10.6. The van der Waals surface area contributed by atoms with Crippen LogP contribution in [-0.4, -0.2) is 120 Å². The van der Waals surface area contributed by atoms with Crippen molar-refractivity contribution in [1.82, 2.24) is 10.2 Å².